The van der Waals surface area contributed by atoms with E-state index >= 15 is 0 Å². The van der Waals surface area contributed by atoms with Gasteiger partial charge in [0.25, 0.3) is 0 Å². The Balaban J connectivity index is 1.48. The second kappa shape index (κ2) is 4.59. The number of aliphatic hydroxyl groups excluding tert-OH is 1. The molecule has 0 bridgehead atoms. The lowest BCUT2D eigenvalue weighted by molar-refractivity contribution is -0.124. The van der Waals surface area contributed by atoms with Crippen LogP contribution in [0.4, 0.5) is 0 Å². The van der Waals surface area contributed by atoms with Crippen molar-refractivity contribution < 1.29 is 9.90 Å². The van der Waals surface area contributed by atoms with Crippen molar-refractivity contribution in [3.8, 4) is 0 Å². The number of benzene rings is 1. The lowest BCUT2D eigenvalue weighted by Gasteiger charge is -2.18. The molecule has 2 saturated carbocycles. The largest absolute Gasteiger partial charge is 0.390 e. The van der Waals surface area contributed by atoms with Gasteiger partial charge in [0.05, 0.1) is 12.1 Å². The predicted molar refractivity (Wildman–Crippen MR) is 76.0 cm³/mol. The fourth-order valence-corrected chi connectivity index (χ4v) is 4.38. The van der Waals surface area contributed by atoms with E-state index in [1.807, 2.05) is 24.3 Å². The maximum absolute atomic E-state index is 12.5. The molecule has 1 aromatic rings. The van der Waals surface area contributed by atoms with E-state index in [4.69, 9.17) is 0 Å². The van der Waals surface area contributed by atoms with Crippen molar-refractivity contribution in [2.45, 2.75) is 44.2 Å². The topological polar surface area (TPSA) is 49.3 Å². The van der Waals surface area contributed by atoms with Gasteiger partial charge in [0.1, 0.15) is 0 Å². The van der Waals surface area contributed by atoms with Gasteiger partial charge in [-0.3, -0.25) is 4.79 Å². The molecule has 3 nitrogen and oxygen atoms in total. The molecule has 20 heavy (non-hydrogen) atoms. The van der Waals surface area contributed by atoms with Crippen LogP contribution in [0.1, 0.15) is 42.9 Å². The van der Waals surface area contributed by atoms with Crippen LogP contribution in [-0.4, -0.2) is 17.1 Å². The van der Waals surface area contributed by atoms with Crippen LogP contribution < -0.4 is 5.32 Å². The Morgan fingerprint density at radius 3 is 2.60 bits per heavy atom. The Kier molecular flexibility index (Phi) is 2.84. The van der Waals surface area contributed by atoms with Crippen LogP contribution in [0, 0.1) is 17.8 Å². The Morgan fingerprint density at radius 2 is 1.85 bits per heavy atom. The van der Waals surface area contributed by atoms with E-state index in [-0.39, 0.29) is 17.9 Å². The molecule has 0 heterocycles. The molecule has 0 aliphatic heterocycles. The van der Waals surface area contributed by atoms with Gasteiger partial charge >= 0.3 is 0 Å². The van der Waals surface area contributed by atoms with Gasteiger partial charge in [-0.15, -0.1) is 0 Å². The summed E-state index contributed by atoms with van der Waals surface area (Å²) >= 11 is 0. The summed E-state index contributed by atoms with van der Waals surface area (Å²) in [6.45, 7) is 0. The lowest BCUT2D eigenvalue weighted by atomic mass is 10.0. The van der Waals surface area contributed by atoms with Crippen LogP contribution in [0.15, 0.2) is 24.3 Å². The first-order valence-electron chi connectivity index (χ1n) is 7.82. The molecule has 0 radical (unpaired) electrons. The lowest BCUT2D eigenvalue weighted by Crippen LogP contribution is -2.35. The molecule has 3 aliphatic rings. The van der Waals surface area contributed by atoms with Gasteiger partial charge in [-0.1, -0.05) is 37.1 Å². The van der Waals surface area contributed by atoms with Crippen molar-refractivity contribution in [3.63, 3.8) is 0 Å². The highest BCUT2D eigenvalue weighted by Gasteiger charge is 2.55. The van der Waals surface area contributed by atoms with E-state index in [1.165, 1.54) is 31.2 Å². The predicted octanol–water partition coefficient (Wildman–Crippen LogP) is 2.20. The van der Waals surface area contributed by atoms with Gasteiger partial charge in [-0.25, -0.2) is 0 Å². The molecule has 4 atom stereocenters. The minimum Gasteiger partial charge on any atom is -0.390 e. The van der Waals surface area contributed by atoms with Crippen LogP contribution in [-0.2, 0) is 11.2 Å². The Labute approximate surface area is 119 Å². The normalized spacial score (nSPS) is 38.0. The van der Waals surface area contributed by atoms with E-state index in [0.29, 0.717) is 18.3 Å². The molecule has 1 aromatic carbocycles. The molecule has 0 saturated heterocycles. The fourth-order valence-electron chi connectivity index (χ4n) is 4.38. The third-order valence-electron chi connectivity index (χ3n) is 5.46. The Bertz CT molecular complexity index is 530. The molecule has 3 aliphatic carbocycles. The zero-order valence-corrected chi connectivity index (χ0v) is 11.6. The Morgan fingerprint density at radius 1 is 1.15 bits per heavy atom. The fraction of sp³-hybridized carbons (Fsp3) is 0.588. The number of rotatable bonds is 2. The molecular weight excluding hydrogens is 250 g/mol. The third-order valence-corrected chi connectivity index (χ3v) is 5.46. The first-order chi connectivity index (χ1) is 9.75. The standard InChI is InChI=1S/C17H21NO2/c19-14-9-10-5-1-2-6-11(10)16(14)18-17(20)15-12-7-3-4-8-13(12)15/h1-2,5-6,12-16,19H,3-4,7-9H2,(H,18,20)/t12?,13?,14-,15?,16+/m0/s1. The minimum absolute atomic E-state index is 0.169. The summed E-state index contributed by atoms with van der Waals surface area (Å²) in [6, 6.07) is 7.83. The molecular formula is C17H21NO2. The quantitative estimate of drug-likeness (QED) is 0.866. The zero-order chi connectivity index (χ0) is 13.7. The molecule has 2 unspecified atom stereocenters. The number of fused-ring (bicyclic) bond motifs is 2. The number of hydrogen-bond acceptors (Lipinski definition) is 2. The molecule has 3 heteroatoms. The summed E-state index contributed by atoms with van der Waals surface area (Å²) < 4.78 is 0. The number of hydrogen-bond donors (Lipinski definition) is 2. The average molecular weight is 271 g/mol. The maximum atomic E-state index is 12.5. The van der Waals surface area contributed by atoms with Crippen LogP contribution >= 0.6 is 0 Å². The second-order valence-electron chi connectivity index (χ2n) is 6.59. The van der Waals surface area contributed by atoms with Crippen molar-refractivity contribution in [2.75, 3.05) is 0 Å². The maximum Gasteiger partial charge on any atom is 0.224 e. The zero-order valence-electron chi connectivity index (χ0n) is 11.6. The Hall–Kier alpha value is -1.35. The van der Waals surface area contributed by atoms with Crippen LogP contribution in [0.2, 0.25) is 0 Å². The number of amides is 1. The van der Waals surface area contributed by atoms with Gasteiger partial charge in [0.15, 0.2) is 0 Å². The molecule has 106 valence electrons. The van der Waals surface area contributed by atoms with E-state index in [2.05, 4.69) is 5.32 Å². The average Bonchev–Trinajstić information content (AvgIpc) is 3.12. The van der Waals surface area contributed by atoms with Gasteiger partial charge in [0, 0.05) is 12.3 Å². The summed E-state index contributed by atoms with van der Waals surface area (Å²) in [5, 5.41) is 13.3. The van der Waals surface area contributed by atoms with Crippen molar-refractivity contribution in [1.82, 2.24) is 5.32 Å². The monoisotopic (exact) mass is 271 g/mol. The van der Waals surface area contributed by atoms with Crippen LogP contribution in [0.3, 0.4) is 0 Å². The first kappa shape index (κ1) is 12.4. The summed E-state index contributed by atoms with van der Waals surface area (Å²) in [6.07, 6.45) is 5.16. The number of aliphatic hydroxyl groups is 1. The minimum atomic E-state index is -0.475. The van der Waals surface area contributed by atoms with Crippen LogP contribution in [0.5, 0.6) is 0 Å². The van der Waals surface area contributed by atoms with Crippen LogP contribution in [0.25, 0.3) is 0 Å². The van der Waals surface area contributed by atoms with E-state index in [1.54, 1.807) is 0 Å². The van der Waals surface area contributed by atoms with E-state index in [9.17, 15) is 9.90 Å². The molecule has 1 amide bonds. The SMILES string of the molecule is O=C(N[C@@H]1c2ccccc2C[C@@H]1O)C1C2CCCCC21. The molecule has 4 rings (SSSR count). The van der Waals surface area contributed by atoms with E-state index < -0.39 is 6.10 Å². The van der Waals surface area contributed by atoms with Crippen molar-refractivity contribution in [1.29, 1.82) is 0 Å². The van der Waals surface area contributed by atoms with Gasteiger partial charge in [-0.2, -0.15) is 0 Å². The number of carbonyl (C=O) groups is 1. The van der Waals surface area contributed by atoms with Gasteiger partial charge < -0.3 is 10.4 Å². The van der Waals surface area contributed by atoms with Gasteiger partial charge in [-0.05, 0) is 35.8 Å². The molecule has 2 N–H and O–H groups in total. The molecule has 0 spiro atoms. The van der Waals surface area contributed by atoms with Crippen molar-refractivity contribution >= 4 is 5.91 Å². The number of carbonyl (C=O) groups excluding carboxylic acids is 1. The smallest absolute Gasteiger partial charge is 0.224 e. The second-order valence-corrected chi connectivity index (χ2v) is 6.59. The summed E-state index contributed by atoms with van der Waals surface area (Å²) in [5.74, 6) is 1.63. The highest BCUT2D eigenvalue weighted by atomic mass is 16.3. The highest BCUT2D eigenvalue weighted by Crippen LogP contribution is 2.55. The summed E-state index contributed by atoms with van der Waals surface area (Å²) in [7, 11) is 0. The molecule has 0 aromatic heterocycles. The summed E-state index contributed by atoms with van der Waals surface area (Å²) in [5.41, 5.74) is 2.26. The van der Waals surface area contributed by atoms with E-state index in [0.717, 1.165) is 5.56 Å². The van der Waals surface area contributed by atoms with Gasteiger partial charge in [0.2, 0.25) is 5.91 Å². The highest BCUT2D eigenvalue weighted by molar-refractivity contribution is 5.83. The van der Waals surface area contributed by atoms with Crippen molar-refractivity contribution in [2.24, 2.45) is 17.8 Å². The molecule has 2 fully saturated rings. The first-order valence-corrected chi connectivity index (χ1v) is 7.82. The third kappa shape index (κ3) is 1.87. The number of nitrogens with one attached hydrogen (secondary N) is 1. The van der Waals surface area contributed by atoms with Crippen molar-refractivity contribution in [3.05, 3.63) is 35.4 Å². The summed E-state index contributed by atoms with van der Waals surface area (Å²) in [4.78, 5) is 12.5.